The number of benzene rings is 1. The molecular formula is C21H25N5O. The Kier molecular flexibility index (Phi) is 5.41. The number of hydrogen-bond donors (Lipinski definition) is 1. The van der Waals surface area contributed by atoms with Crippen molar-refractivity contribution in [3.8, 4) is 18.0 Å². The van der Waals surface area contributed by atoms with E-state index in [0.717, 1.165) is 23.4 Å². The molecule has 6 nitrogen and oxygen atoms in total. The Hall–Kier alpha value is -2.94. The fourth-order valence-electron chi connectivity index (χ4n) is 3.22. The first-order chi connectivity index (χ1) is 13.0. The highest BCUT2D eigenvalue weighted by molar-refractivity contribution is 5.95. The third-order valence-corrected chi connectivity index (χ3v) is 4.81. The van der Waals surface area contributed by atoms with Gasteiger partial charge in [-0.05, 0) is 24.5 Å². The molecule has 1 aliphatic rings. The average Bonchev–Trinajstić information content (AvgIpc) is 3.26. The molecule has 3 rings (SSSR count). The standard InChI is InChI=1S/C21H25N5O/c1-5-6-11-21(24-25-21)12-13-22-20(27)17-14-23-26(19(17)15(2)3)18-10-8-7-9-16(18)4/h1,7-10,14-15H,6,11-13H2,2-4H3,(H,22,27). The second-order valence-corrected chi connectivity index (χ2v) is 7.19. The minimum atomic E-state index is -0.383. The van der Waals surface area contributed by atoms with Crippen LogP contribution in [0, 0.1) is 19.3 Å². The zero-order valence-corrected chi connectivity index (χ0v) is 16.1. The molecule has 1 amide bonds. The lowest BCUT2D eigenvalue weighted by Gasteiger charge is -2.15. The van der Waals surface area contributed by atoms with Crippen LogP contribution in [0.3, 0.4) is 0 Å². The van der Waals surface area contributed by atoms with Gasteiger partial charge < -0.3 is 5.32 Å². The number of aromatic nitrogens is 2. The molecule has 0 saturated carbocycles. The summed E-state index contributed by atoms with van der Waals surface area (Å²) in [7, 11) is 0. The van der Waals surface area contributed by atoms with Gasteiger partial charge in [0, 0.05) is 25.8 Å². The fraction of sp³-hybridized carbons (Fsp3) is 0.429. The molecule has 27 heavy (non-hydrogen) atoms. The van der Waals surface area contributed by atoms with Crippen LogP contribution in [0.4, 0.5) is 0 Å². The summed E-state index contributed by atoms with van der Waals surface area (Å²) in [5.74, 6) is 2.65. The summed E-state index contributed by atoms with van der Waals surface area (Å²) in [6, 6.07) is 8.03. The van der Waals surface area contributed by atoms with E-state index < -0.39 is 0 Å². The topological polar surface area (TPSA) is 71.6 Å². The van der Waals surface area contributed by atoms with Crippen LogP contribution in [-0.4, -0.2) is 27.9 Å². The van der Waals surface area contributed by atoms with Crippen molar-refractivity contribution in [1.29, 1.82) is 0 Å². The van der Waals surface area contributed by atoms with E-state index in [0.29, 0.717) is 24.9 Å². The van der Waals surface area contributed by atoms with Crippen LogP contribution in [0.15, 0.2) is 40.7 Å². The summed E-state index contributed by atoms with van der Waals surface area (Å²) in [6.07, 6.45) is 9.01. The first-order valence-electron chi connectivity index (χ1n) is 9.27. The number of carbonyl (C=O) groups is 1. The summed E-state index contributed by atoms with van der Waals surface area (Å²) in [4.78, 5) is 12.8. The summed E-state index contributed by atoms with van der Waals surface area (Å²) in [6.45, 7) is 6.68. The molecule has 0 saturated heterocycles. The van der Waals surface area contributed by atoms with Crippen LogP contribution in [0.2, 0.25) is 0 Å². The van der Waals surface area contributed by atoms with Gasteiger partial charge in [0.25, 0.3) is 5.91 Å². The molecule has 0 spiro atoms. The van der Waals surface area contributed by atoms with E-state index in [9.17, 15) is 4.79 Å². The first kappa shape index (κ1) is 18.8. The Balaban J connectivity index is 1.72. The molecule has 0 fully saturated rings. The van der Waals surface area contributed by atoms with Gasteiger partial charge in [-0.25, -0.2) is 4.68 Å². The average molecular weight is 363 g/mol. The number of terminal acetylenes is 1. The van der Waals surface area contributed by atoms with Crippen molar-refractivity contribution < 1.29 is 4.79 Å². The zero-order valence-electron chi connectivity index (χ0n) is 16.1. The van der Waals surface area contributed by atoms with E-state index in [1.807, 2.05) is 35.9 Å². The summed E-state index contributed by atoms with van der Waals surface area (Å²) in [5, 5.41) is 15.7. The minimum Gasteiger partial charge on any atom is -0.352 e. The molecule has 0 aliphatic carbocycles. The lowest BCUT2D eigenvalue weighted by Crippen LogP contribution is -2.29. The largest absolute Gasteiger partial charge is 0.352 e. The molecule has 0 atom stereocenters. The molecular weight excluding hydrogens is 338 g/mol. The van der Waals surface area contributed by atoms with E-state index >= 15 is 0 Å². The summed E-state index contributed by atoms with van der Waals surface area (Å²) >= 11 is 0. The van der Waals surface area contributed by atoms with Crippen molar-refractivity contribution in [2.24, 2.45) is 10.2 Å². The maximum Gasteiger partial charge on any atom is 0.254 e. The Morgan fingerprint density at radius 1 is 1.30 bits per heavy atom. The predicted molar refractivity (Wildman–Crippen MR) is 105 cm³/mol. The van der Waals surface area contributed by atoms with Crippen LogP contribution in [0.5, 0.6) is 0 Å². The number of nitrogens with zero attached hydrogens (tertiary/aromatic N) is 4. The monoisotopic (exact) mass is 363 g/mol. The van der Waals surface area contributed by atoms with Crippen LogP contribution < -0.4 is 5.32 Å². The van der Waals surface area contributed by atoms with Crippen molar-refractivity contribution in [3.05, 3.63) is 47.3 Å². The summed E-state index contributed by atoms with van der Waals surface area (Å²) in [5.41, 5.74) is 3.23. The van der Waals surface area contributed by atoms with Gasteiger partial charge >= 0.3 is 0 Å². The second kappa shape index (κ2) is 7.75. The third kappa shape index (κ3) is 4.08. The molecule has 2 aromatic rings. The lowest BCUT2D eigenvalue weighted by molar-refractivity contribution is 0.0950. The number of para-hydroxylation sites is 1. The number of aryl methyl sites for hydroxylation is 1. The van der Waals surface area contributed by atoms with Crippen LogP contribution in [-0.2, 0) is 0 Å². The van der Waals surface area contributed by atoms with Gasteiger partial charge in [0.2, 0.25) is 0 Å². The number of amides is 1. The molecule has 140 valence electrons. The molecule has 1 aromatic carbocycles. The number of carbonyl (C=O) groups excluding carboxylic acids is 1. The number of hydrogen-bond acceptors (Lipinski definition) is 4. The smallest absolute Gasteiger partial charge is 0.254 e. The third-order valence-electron chi connectivity index (χ3n) is 4.81. The highest BCUT2D eigenvalue weighted by atomic mass is 16.1. The van der Waals surface area contributed by atoms with Crippen molar-refractivity contribution in [2.75, 3.05) is 6.54 Å². The normalized spacial score (nSPS) is 14.2. The minimum absolute atomic E-state index is 0.119. The highest BCUT2D eigenvalue weighted by Gasteiger charge is 2.38. The van der Waals surface area contributed by atoms with Gasteiger partial charge in [0.05, 0.1) is 23.1 Å². The maximum absolute atomic E-state index is 12.8. The van der Waals surface area contributed by atoms with Crippen molar-refractivity contribution in [1.82, 2.24) is 15.1 Å². The second-order valence-electron chi connectivity index (χ2n) is 7.19. The van der Waals surface area contributed by atoms with E-state index in [-0.39, 0.29) is 17.5 Å². The van der Waals surface area contributed by atoms with E-state index in [1.54, 1.807) is 6.20 Å². The number of nitrogens with one attached hydrogen (secondary N) is 1. The van der Waals surface area contributed by atoms with Gasteiger partial charge in [0.1, 0.15) is 0 Å². The quantitative estimate of drug-likeness (QED) is 0.720. The molecule has 1 aliphatic heterocycles. The van der Waals surface area contributed by atoms with Gasteiger partial charge in [-0.15, -0.1) is 12.3 Å². The Morgan fingerprint density at radius 2 is 2.04 bits per heavy atom. The van der Waals surface area contributed by atoms with Gasteiger partial charge in [-0.3, -0.25) is 4.79 Å². The molecule has 6 heteroatoms. The SMILES string of the molecule is C#CCCC1(CCNC(=O)c2cnn(-c3ccccc3C)c2C(C)C)N=N1. The highest BCUT2D eigenvalue weighted by Crippen LogP contribution is 2.36. The summed E-state index contributed by atoms with van der Waals surface area (Å²) < 4.78 is 1.87. The molecule has 1 aromatic heterocycles. The van der Waals surface area contributed by atoms with E-state index in [2.05, 4.69) is 40.4 Å². The van der Waals surface area contributed by atoms with Gasteiger partial charge in [-0.2, -0.15) is 15.3 Å². The molecule has 1 N–H and O–H groups in total. The Morgan fingerprint density at radius 3 is 2.67 bits per heavy atom. The van der Waals surface area contributed by atoms with E-state index in [1.165, 1.54) is 0 Å². The van der Waals surface area contributed by atoms with Crippen molar-refractivity contribution in [3.63, 3.8) is 0 Å². The lowest BCUT2D eigenvalue weighted by atomic mass is 10.0. The fourth-order valence-corrected chi connectivity index (χ4v) is 3.22. The first-order valence-corrected chi connectivity index (χ1v) is 9.27. The van der Waals surface area contributed by atoms with Gasteiger partial charge in [0.15, 0.2) is 5.66 Å². The Labute approximate surface area is 160 Å². The molecule has 0 bridgehead atoms. The Bertz CT molecular complexity index is 898. The van der Waals surface area contributed by atoms with Crippen LogP contribution in [0.25, 0.3) is 5.69 Å². The molecule has 0 radical (unpaired) electrons. The van der Waals surface area contributed by atoms with Crippen LogP contribution in [0.1, 0.15) is 60.6 Å². The number of rotatable bonds is 8. The predicted octanol–water partition coefficient (Wildman–Crippen LogP) is 4.00. The maximum atomic E-state index is 12.8. The molecule has 2 heterocycles. The van der Waals surface area contributed by atoms with Crippen molar-refractivity contribution >= 4 is 5.91 Å². The van der Waals surface area contributed by atoms with E-state index in [4.69, 9.17) is 6.42 Å². The zero-order chi connectivity index (χ0) is 19.4. The molecule has 0 unspecified atom stereocenters. The van der Waals surface area contributed by atoms with Gasteiger partial charge in [-0.1, -0.05) is 32.0 Å². The van der Waals surface area contributed by atoms with Crippen molar-refractivity contribution in [2.45, 2.75) is 51.6 Å². The van der Waals surface area contributed by atoms with Crippen LogP contribution >= 0.6 is 0 Å².